The number of nitrogens with one attached hydrogen (secondary N) is 1. The van der Waals surface area contributed by atoms with E-state index in [0.717, 1.165) is 25.9 Å². The third-order valence-corrected chi connectivity index (χ3v) is 5.20. The fourth-order valence-electron chi connectivity index (χ4n) is 3.23. The lowest BCUT2D eigenvalue weighted by Crippen LogP contribution is -2.50. The largest absolute Gasteiger partial charge is 0.391 e. The Morgan fingerprint density at radius 2 is 2.09 bits per heavy atom. The van der Waals surface area contributed by atoms with Crippen LogP contribution in [-0.2, 0) is 6.42 Å². The van der Waals surface area contributed by atoms with Gasteiger partial charge in [-0.1, -0.05) is 37.3 Å². The van der Waals surface area contributed by atoms with Gasteiger partial charge in [-0.25, -0.2) is 4.79 Å². The van der Waals surface area contributed by atoms with Crippen LogP contribution in [0.1, 0.15) is 31.7 Å². The lowest BCUT2D eigenvalue weighted by atomic mass is 9.96. The molecule has 1 aromatic rings. The highest BCUT2D eigenvalue weighted by molar-refractivity contribution is 5.74. The van der Waals surface area contributed by atoms with E-state index in [0.29, 0.717) is 6.54 Å². The van der Waals surface area contributed by atoms with Gasteiger partial charge < -0.3 is 15.3 Å². The zero-order valence-corrected chi connectivity index (χ0v) is 13.3. The molecule has 22 heavy (non-hydrogen) atoms. The van der Waals surface area contributed by atoms with Gasteiger partial charge in [0, 0.05) is 19.6 Å². The number of aliphatic hydroxyl groups excluding tert-OH is 1. The molecule has 2 fully saturated rings. The Morgan fingerprint density at radius 3 is 2.73 bits per heavy atom. The number of carbonyl (C=O) groups is 1. The van der Waals surface area contributed by atoms with Crippen molar-refractivity contribution in [2.45, 2.75) is 38.7 Å². The second kappa shape index (κ2) is 6.29. The number of urea groups is 1. The van der Waals surface area contributed by atoms with E-state index >= 15 is 0 Å². The Kier molecular flexibility index (Phi) is 4.39. The lowest BCUT2D eigenvalue weighted by Gasteiger charge is -2.34. The van der Waals surface area contributed by atoms with Crippen molar-refractivity contribution < 1.29 is 9.90 Å². The molecule has 1 aliphatic heterocycles. The fraction of sp³-hybridized carbons (Fsp3) is 0.611. The molecule has 4 heteroatoms. The maximum absolute atomic E-state index is 12.3. The first-order chi connectivity index (χ1) is 10.6. The summed E-state index contributed by atoms with van der Waals surface area (Å²) in [6.45, 7) is 3.98. The molecule has 0 bridgehead atoms. The van der Waals surface area contributed by atoms with E-state index < -0.39 is 6.10 Å². The Hall–Kier alpha value is -1.55. The molecule has 2 N–H and O–H groups in total. The van der Waals surface area contributed by atoms with Crippen molar-refractivity contribution in [3.63, 3.8) is 0 Å². The Morgan fingerprint density at radius 1 is 1.36 bits per heavy atom. The van der Waals surface area contributed by atoms with Crippen LogP contribution in [0.25, 0.3) is 0 Å². The number of carbonyl (C=O) groups excluding carboxylic acids is 1. The third kappa shape index (κ3) is 3.61. The van der Waals surface area contributed by atoms with Gasteiger partial charge in [0.25, 0.3) is 0 Å². The second-order valence-electron chi connectivity index (χ2n) is 7.10. The normalized spacial score (nSPS) is 26.5. The van der Waals surface area contributed by atoms with Crippen LogP contribution in [0, 0.1) is 11.3 Å². The van der Waals surface area contributed by atoms with E-state index in [4.69, 9.17) is 0 Å². The van der Waals surface area contributed by atoms with Gasteiger partial charge in [0.1, 0.15) is 0 Å². The van der Waals surface area contributed by atoms with Gasteiger partial charge in [0.05, 0.1) is 6.10 Å². The van der Waals surface area contributed by atoms with Gasteiger partial charge in [-0.3, -0.25) is 0 Å². The molecular formula is C18H26N2O2. The molecule has 1 aromatic carbocycles. The van der Waals surface area contributed by atoms with Crippen molar-refractivity contribution in [1.82, 2.24) is 10.2 Å². The van der Waals surface area contributed by atoms with Crippen molar-refractivity contribution >= 4 is 6.03 Å². The number of rotatable bonds is 4. The number of aliphatic hydroxyl groups is 1. The molecule has 1 heterocycles. The van der Waals surface area contributed by atoms with Gasteiger partial charge in [0.2, 0.25) is 0 Å². The standard InChI is InChI=1S/C18H26N2O2/c1-14-7-10-20(12-16(14)21)17(22)19-13-18(8-9-18)11-15-5-3-2-4-6-15/h2-6,14,16,21H,7-13H2,1H3,(H,19,22). The summed E-state index contributed by atoms with van der Waals surface area (Å²) in [5.41, 5.74) is 1.59. The summed E-state index contributed by atoms with van der Waals surface area (Å²) < 4.78 is 0. The minimum absolute atomic E-state index is 0.0229. The molecular weight excluding hydrogens is 276 g/mol. The van der Waals surface area contributed by atoms with Crippen LogP contribution in [0.2, 0.25) is 0 Å². The molecule has 1 saturated carbocycles. The summed E-state index contributed by atoms with van der Waals surface area (Å²) in [4.78, 5) is 14.0. The summed E-state index contributed by atoms with van der Waals surface area (Å²) in [6.07, 6.45) is 3.89. The average molecular weight is 302 g/mol. The minimum Gasteiger partial charge on any atom is -0.391 e. The van der Waals surface area contributed by atoms with Crippen LogP contribution in [0.3, 0.4) is 0 Å². The highest BCUT2D eigenvalue weighted by Gasteiger charge is 2.43. The van der Waals surface area contributed by atoms with Crippen LogP contribution in [0.5, 0.6) is 0 Å². The zero-order chi connectivity index (χ0) is 15.6. The van der Waals surface area contributed by atoms with Crippen molar-refractivity contribution in [3.8, 4) is 0 Å². The van der Waals surface area contributed by atoms with E-state index in [9.17, 15) is 9.90 Å². The van der Waals surface area contributed by atoms with E-state index in [1.165, 1.54) is 18.4 Å². The first-order valence-electron chi connectivity index (χ1n) is 8.33. The number of β-amino-alcohol motifs (C(OH)–C–C–N with tert-alkyl or cyclic N) is 1. The average Bonchev–Trinajstić information content (AvgIpc) is 3.28. The summed E-state index contributed by atoms with van der Waals surface area (Å²) >= 11 is 0. The number of piperidine rings is 1. The summed E-state index contributed by atoms with van der Waals surface area (Å²) in [6, 6.07) is 10.5. The summed E-state index contributed by atoms with van der Waals surface area (Å²) in [5, 5.41) is 13.0. The molecule has 2 amide bonds. The van der Waals surface area contributed by atoms with Crippen molar-refractivity contribution in [2.75, 3.05) is 19.6 Å². The predicted molar refractivity (Wildman–Crippen MR) is 86.6 cm³/mol. The van der Waals surface area contributed by atoms with E-state index in [1.807, 2.05) is 13.0 Å². The monoisotopic (exact) mass is 302 g/mol. The highest BCUT2D eigenvalue weighted by atomic mass is 16.3. The number of amides is 2. The van der Waals surface area contributed by atoms with Crippen LogP contribution < -0.4 is 5.32 Å². The van der Waals surface area contributed by atoms with Gasteiger partial charge in [-0.05, 0) is 42.6 Å². The molecule has 0 spiro atoms. The van der Waals surface area contributed by atoms with Gasteiger partial charge in [-0.2, -0.15) is 0 Å². The molecule has 1 saturated heterocycles. The zero-order valence-electron chi connectivity index (χ0n) is 13.3. The Balaban J connectivity index is 1.49. The number of nitrogens with zero attached hydrogens (tertiary/aromatic N) is 1. The maximum atomic E-state index is 12.3. The van der Waals surface area contributed by atoms with Crippen molar-refractivity contribution in [3.05, 3.63) is 35.9 Å². The van der Waals surface area contributed by atoms with E-state index in [1.54, 1.807) is 4.90 Å². The Bertz CT molecular complexity index is 513. The highest BCUT2D eigenvalue weighted by Crippen LogP contribution is 2.47. The van der Waals surface area contributed by atoms with Gasteiger partial charge in [0.15, 0.2) is 0 Å². The molecule has 0 aromatic heterocycles. The molecule has 2 unspecified atom stereocenters. The lowest BCUT2D eigenvalue weighted by molar-refractivity contribution is 0.0433. The summed E-state index contributed by atoms with van der Waals surface area (Å²) in [5.74, 6) is 0.289. The van der Waals surface area contributed by atoms with E-state index in [-0.39, 0.29) is 17.4 Å². The number of likely N-dealkylation sites (tertiary alicyclic amines) is 1. The molecule has 0 radical (unpaired) electrons. The third-order valence-electron chi connectivity index (χ3n) is 5.20. The molecule has 4 nitrogen and oxygen atoms in total. The van der Waals surface area contributed by atoms with Crippen molar-refractivity contribution in [1.29, 1.82) is 0 Å². The van der Waals surface area contributed by atoms with Crippen LogP contribution in [-0.4, -0.2) is 41.8 Å². The molecule has 1 aliphatic carbocycles. The molecule has 2 aliphatic rings. The Labute approximate surface area is 132 Å². The number of hydrogen-bond acceptors (Lipinski definition) is 2. The maximum Gasteiger partial charge on any atom is 0.317 e. The van der Waals surface area contributed by atoms with Gasteiger partial charge in [-0.15, -0.1) is 0 Å². The molecule has 3 rings (SSSR count). The molecule has 2 atom stereocenters. The fourth-order valence-corrected chi connectivity index (χ4v) is 3.23. The predicted octanol–water partition coefficient (Wildman–Crippen LogP) is 2.42. The first-order valence-corrected chi connectivity index (χ1v) is 8.33. The second-order valence-corrected chi connectivity index (χ2v) is 7.10. The van der Waals surface area contributed by atoms with Crippen LogP contribution >= 0.6 is 0 Å². The first kappa shape index (κ1) is 15.3. The minimum atomic E-state index is -0.390. The SMILES string of the molecule is CC1CCN(C(=O)NCC2(Cc3ccccc3)CC2)CC1O. The topological polar surface area (TPSA) is 52.6 Å². The van der Waals surface area contributed by atoms with Crippen LogP contribution in [0.4, 0.5) is 4.79 Å². The smallest absolute Gasteiger partial charge is 0.317 e. The van der Waals surface area contributed by atoms with E-state index in [2.05, 4.69) is 29.6 Å². The summed E-state index contributed by atoms with van der Waals surface area (Å²) in [7, 11) is 0. The van der Waals surface area contributed by atoms with Crippen LogP contribution in [0.15, 0.2) is 30.3 Å². The number of benzene rings is 1. The molecule has 120 valence electrons. The van der Waals surface area contributed by atoms with Crippen molar-refractivity contribution in [2.24, 2.45) is 11.3 Å². The number of hydrogen-bond donors (Lipinski definition) is 2. The quantitative estimate of drug-likeness (QED) is 0.897. The van der Waals surface area contributed by atoms with Gasteiger partial charge >= 0.3 is 6.03 Å².